The average Bonchev–Trinajstić information content (AvgIpc) is 2.84. The number of benzene rings is 1. The maximum atomic E-state index is 11.9. The molecule has 2 bridgehead atoms. The van der Waals surface area contributed by atoms with Crippen LogP contribution in [0.15, 0.2) is 24.3 Å². The highest BCUT2D eigenvalue weighted by atomic mass is 16.6. The summed E-state index contributed by atoms with van der Waals surface area (Å²) in [7, 11) is 1.23. The molecule has 0 spiro atoms. The molecule has 0 aromatic heterocycles. The Balaban J connectivity index is 2.23. The van der Waals surface area contributed by atoms with Gasteiger partial charge in [0.1, 0.15) is 18.3 Å². The van der Waals surface area contributed by atoms with Gasteiger partial charge in [-0.05, 0) is 5.56 Å². The topological polar surface area (TPSA) is 76.0 Å². The van der Waals surface area contributed by atoms with Crippen LogP contribution in [0.4, 0.5) is 0 Å². The van der Waals surface area contributed by atoms with Crippen LogP contribution in [0.1, 0.15) is 17.2 Å². The maximum absolute atomic E-state index is 11.9. The molecule has 2 aliphatic heterocycles. The molecule has 5 heteroatoms. The molecule has 0 radical (unpaired) electrons. The Kier molecular flexibility index (Phi) is 2.07. The largest absolute Gasteiger partial charge is 0.467 e. The zero-order chi connectivity index (χ0) is 12.2. The minimum Gasteiger partial charge on any atom is -0.467 e. The number of carbonyl (C=O) groups is 1. The van der Waals surface area contributed by atoms with Crippen molar-refractivity contribution in [2.45, 2.75) is 23.9 Å². The number of fused-ring (bicyclic) bond motifs is 5. The van der Waals surface area contributed by atoms with Crippen LogP contribution in [0.5, 0.6) is 0 Å². The van der Waals surface area contributed by atoms with Crippen molar-refractivity contribution < 1.29 is 24.5 Å². The number of hydrogen-bond acceptors (Lipinski definition) is 5. The number of aliphatic hydroxyl groups excluding tert-OH is 2. The summed E-state index contributed by atoms with van der Waals surface area (Å²) in [6, 6.07) is 7.04. The van der Waals surface area contributed by atoms with Crippen LogP contribution in [0.3, 0.4) is 0 Å². The molecule has 0 amide bonds. The molecule has 0 saturated carbocycles. The van der Waals surface area contributed by atoms with E-state index in [1.807, 2.05) is 0 Å². The van der Waals surface area contributed by atoms with Gasteiger partial charge in [0, 0.05) is 5.56 Å². The minimum atomic E-state index is -1.57. The summed E-state index contributed by atoms with van der Waals surface area (Å²) in [6.07, 6.45) is -3.07. The van der Waals surface area contributed by atoms with Crippen LogP contribution < -0.4 is 0 Å². The molecule has 2 N–H and O–H groups in total. The molecule has 3 rings (SSSR count). The predicted molar refractivity (Wildman–Crippen MR) is 56.0 cm³/mol. The zero-order valence-corrected chi connectivity index (χ0v) is 9.16. The van der Waals surface area contributed by atoms with Gasteiger partial charge >= 0.3 is 5.97 Å². The third kappa shape index (κ3) is 1.06. The standard InChI is InChI=1S/C12H12O5/c1-16-11(15)12-7-5-3-2-4-6(7)9(17-12)8(13)10(12)14/h2-5,8-10,13-14H,1H3/t8-,9-,10-,12+/m0/s1. The molecule has 0 aliphatic carbocycles. The summed E-state index contributed by atoms with van der Waals surface area (Å²) in [6.45, 7) is 0. The van der Waals surface area contributed by atoms with Gasteiger partial charge in [-0.2, -0.15) is 0 Å². The number of esters is 1. The zero-order valence-electron chi connectivity index (χ0n) is 9.16. The first-order valence-electron chi connectivity index (χ1n) is 5.34. The van der Waals surface area contributed by atoms with E-state index in [4.69, 9.17) is 9.47 Å². The molecule has 5 nitrogen and oxygen atoms in total. The molecule has 4 atom stereocenters. The Hall–Kier alpha value is -1.43. The average molecular weight is 236 g/mol. The summed E-state index contributed by atoms with van der Waals surface area (Å²) in [5.74, 6) is -0.684. The Morgan fingerprint density at radius 2 is 2.12 bits per heavy atom. The molecular formula is C12H12O5. The molecule has 2 aliphatic rings. The molecule has 1 saturated heterocycles. The number of hydrogen-bond donors (Lipinski definition) is 2. The number of methoxy groups -OCH3 is 1. The highest BCUT2D eigenvalue weighted by molar-refractivity contribution is 5.85. The first-order chi connectivity index (χ1) is 8.13. The lowest BCUT2D eigenvalue weighted by Gasteiger charge is -2.29. The second kappa shape index (κ2) is 3.29. The van der Waals surface area contributed by atoms with Crippen LogP contribution in [0, 0.1) is 0 Å². The van der Waals surface area contributed by atoms with E-state index in [1.165, 1.54) is 7.11 Å². The van der Waals surface area contributed by atoms with Crippen LogP contribution in [0.25, 0.3) is 0 Å². The van der Waals surface area contributed by atoms with Gasteiger partial charge in [0.2, 0.25) is 5.60 Å². The second-order valence-electron chi connectivity index (χ2n) is 4.29. The Bertz CT molecular complexity index is 486. The lowest BCUT2D eigenvalue weighted by molar-refractivity contribution is -0.175. The van der Waals surface area contributed by atoms with Crippen molar-refractivity contribution in [1.29, 1.82) is 0 Å². The minimum absolute atomic E-state index is 0.578. The van der Waals surface area contributed by atoms with Gasteiger partial charge in [0.25, 0.3) is 0 Å². The summed E-state index contributed by atoms with van der Waals surface area (Å²) >= 11 is 0. The van der Waals surface area contributed by atoms with Crippen molar-refractivity contribution in [3.63, 3.8) is 0 Å². The highest BCUT2D eigenvalue weighted by Gasteiger charge is 2.66. The quantitative estimate of drug-likeness (QED) is 0.664. The third-order valence-corrected chi connectivity index (χ3v) is 3.52. The van der Waals surface area contributed by atoms with E-state index in [0.717, 1.165) is 5.56 Å². The molecule has 1 aromatic rings. The molecule has 1 aromatic carbocycles. The van der Waals surface area contributed by atoms with Crippen LogP contribution in [0.2, 0.25) is 0 Å². The summed E-state index contributed by atoms with van der Waals surface area (Å²) in [5.41, 5.74) is -0.263. The van der Waals surface area contributed by atoms with Crippen molar-refractivity contribution in [2.75, 3.05) is 7.11 Å². The normalized spacial score (nSPS) is 37.9. The van der Waals surface area contributed by atoms with Gasteiger partial charge < -0.3 is 19.7 Å². The van der Waals surface area contributed by atoms with Crippen LogP contribution in [-0.4, -0.2) is 35.5 Å². The number of carbonyl (C=O) groups excluding carboxylic acids is 1. The molecule has 0 unspecified atom stereocenters. The van der Waals surface area contributed by atoms with Crippen molar-refractivity contribution in [1.82, 2.24) is 0 Å². The molecule has 17 heavy (non-hydrogen) atoms. The number of aliphatic hydroxyl groups is 2. The van der Waals surface area contributed by atoms with Gasteiger partial charge in [0.15, 0.2) is 0 Å². The van der Waals surface area contributed by atoms with E-state index >= 15 is 0 Å². The number of ether oxygens (including phenoxy) is 2. The van der Waals surface area contributed by atoms with E-state index in [2.05, 4.69) is 0 Å². The van der Waals surface area contributed by atoms with Gasteiger partial charge in [-0.1, -0.05) is 24.3 Å². The SMILES string of the molecule is COC(=O)[C@@]12O[C@@H](c3ccccc31)[C@H](O)[C@@H]2O. The predicted octanol–water partition coefficient (Wildman–Crippen LogP) is -0.138. The summed E-state index contributed by atoms with van der Waals surface area (Å²) < 4.78 is 10.2. The van der Waals surface area contributed by atoms with Gasteiger partial charge in [-0.25, -0.2) is 4.79 Å². The lowest BCUT2D eigenvalue weighted by atomic mass is 9.78. The van der Waals surface area contributed by atoms with Gasteiger partial charge in [0.05, 0.1) is 7.11 Å². The third-order valence-electron chi connectivity index (χ3n) is 3.52. The Morgan fingerprint density at radius 1 is 1.41 bits per heavy atom. The van der Waals surface area contributed by atoms with Gasteiger partial charge in [-0.3, -0.25) is 0 Å². The fraction of sp³-hybridized carbons (Fsp3) is 0.417. The molecule has 2 heterocycles. The molecular weight excluding hydrogens is 224 g/mol. The highest BCUT2D eigenvalue weighted by Crippen LogP contribution is 2.55. The van der Waals surface area contributed by atoms with Crippen LogP contribution >= 0.6 is 0 Å². The lowest BCUT2D eigenvalue weighted by Crippen LogP contribution is -2.49. The molecule has 90 valence electrons. The first-order valence-corrected chi connectivity index (χ1v) is 5.34. The van der Waals surface area contributed by atoms with E-state index < -0.39 is 29.9 Å². The fourth-order valence-corrected chi connectivity index (χ4v) is 2.73. The van der Waals surface area contributed by atoms with Crippen LogP contribution in [-0.2, 0) is 19.9 Å². The van der Waals surface area contributed by atoms with E-state index in [1.54, 1.807) is 24.3 Å². The smallest absolute Gasteiger partial charge is 0.345 e. The fourth-order valence-electron chi connectivity index (χ4n) is 2.73. The maximum Gasteiger partial charge on any atom is 0.345 e. The Labute approximate surface area is 97.6 Å². The van der Waals surface area contributed by atoms with Crippen molar-refractivity contribution in [3.8, 4) is 0 Å². The van der Waals surface area contributed by atoms with Gasteiger partial charge in [-0.15, -0.1) is 0 Å². The number of rotatable bonds is 1. The van der Waals surface area contributed by atoms with Crippen molar-refractivity contribution >= 4 is 5.97 Å². The van der Waals surface area contributed by atoms with E-state index in [9.17, 15) is 15.0 Å². The monoisotopic (exact) mass is 236 g/mol. The summed E-state index contributed by atoms with van der Waals surface area (Å²) in [5, 5.41) is 19.9. The second-order valence-corrected chi connectivity index (χ2v) is 4.29. The Morgan fingerprint density at radius 3 is 2.82 bits per heavy atom. The van der Waals surface area contributed by atoms with Crippen molar-refractivity contribution in [2.24, 2.45) is 0 Å². The van der Waals surface area contributed by atoms with E-state index in [0.29, 0.717) is 5.56 Å². The first kappa shape index (κ1) is 10.7. The summed E-state index contributed by atoms with van der Waals surface area (Å²) in [4.78, 5) is 11.9. The van der Waals surface area contributed by atoms with Crippen molar-refractivity contribution in [3.05, 3.63) is 35.4 Å². The van der Waals surface area contributed by atoms with E-state index in [-0.39, 0.29) is 0 Å². The molecule has 1 fully saturated rings.